The van der Waals surface area contributed by atoms with Gasteiger partial charge in [0.1, 0.15) is 5.69 Å². The van der Waals surface area contributed by atoms with E-state index in [1.54, 1.807) is 30.3 Å². The molecule has 0 aliphatic carbocycles. The molecule has 2 heterocycles. The molecular formula is C23H15F3N2O. The van der Waals surface area contributed by atoms with E-state index < -0.39 is 17.5 Å². The van der Waals surface area contributed by atoms with Gasteiger partial charge in [0.2, 0.25) is 5.78 Å². The molecule has 0 N–H and O–H groups in total. The molecule has 0 atom stereocenters. The first-order chi connectivity index (χ1) is 13.8. The Hall–Kier alpha value is -3.54. The van der Waals surface area contributed by atoms with Crippen LogP contribution in [0.4, 0.5) is 13.2 Å². The Labute approximate surface area is 164 Å². The van der Waals surface area contributed by atoms with Crippen LogP contribution in [0.2, 0.25) is 0 Å². The van der Waals surface area contributed by atoms with E-state index in [4.69, 9.17) is 0 Å². The number of pyridine rings is 2. The van der Waals surface area contributed by atoms with Crippen LogP contribution in [-0.4, -0.2) is 15.8 Å². The van der Waals surface area contributed by atoms with Crippen molar-refractivity contribution in [1.82, 2.24) is 9.97 Å². The van der Waals surface area contributed by atoms with Crippen molar-refractivity contribution in [2.45, 2.75) is 13.1 Å². The molecule has 0 saturated heterocycles. The predicted octanol–water partition coefficient (Wildman–Crippen LogP) is 5.86. The fourth-order valence-corrected chi connectivity index (χ4v) is 3.17. The number of benzene rings is 2. The summed E-state index contributed by atoms with van der Waals surface area (Å²) < 4.78 is 40.5. The highest BCUT2D eigenvalue weighted by molar-refractivity contribution is 6.09. The molecule has 0 fully saturated rings. The highest BCUT2D eigenvalue weighted by Gasteiger charge is 2.34. The number of rotatable bonds is 3. The van der Waals surface area contributed by atoms with Crippen LogP contribution in [-0.2, 0) is 6.18 Å². The first kappa shape index (κ1) is 18.8. The zero-order valence-electron chi connectivity index (χ0n) is 15.4. The molecule has 3 nitrogen and oxygen atoms in total. The van der Waals surface area contributed by atoms with Crippen LogP contribution < -0.4 is 0 Å². The molecule has 0 aliphatic rings. The maximum Gasteiger partial charge on any atom is 0.417 e. The summed E-state index contributed by atoms with van der Waals surface area (Å²) in [4.78, 5) is 21.4. The molecule has 2 aromatic carbocycles. The Balaban J connectivity index is 1.74. The van der Waals surface area contributed by atoms with E-state index >= 15 is 0 Å². The average molecular weight is 392 g/mol. The van der Waals surface area contributed by atoms with Gasteiger partial charge < -0.3 is 0 Å². The van der Waals surface area contributed by atoms with Crippen molar-refractivity contribution < 1.29 is 18.0 Å². The number of para-hydroxylation sites is 1. The number of aryl methyl sites for hydroxylation is 1. The van der Waals surface area contributed by atoms with E-state index in [0.29, 0.717) is 0 Å². The second-order valence-corrected chi connectivity index (χ2v) is 6.64. The lowest BCUT2D eigenvalue weighted by Gasteiger charge is -2.12. The molecule has 0 bridgehead atoms. The van der Waals surface area contributed by atoms with Crippen LogP contribution in [0.25, 0.3) is 22.2 Å². The predicted molar refractivity (Wildman–Crippen MR) is 105 cm³/mol. The maximum atomic E-state index is 13.5. The Kier molecular flexibility index (Phi) is 4.62. The van der Waals surface area contributed by atoms with Gasteiger partial charge in [-0.1, -0.05) is 48.5 Å². The largest absolute Gasteiger partial charge is 0.417 e. The minimum absolute atomic E-state index is 0.0302. The molecule has 0 radical (unpaired) electrons. The summed E-state index contributed by atoms with van der Waals surface area (Å²) in [5.74, 6) is -0.565. The maximum absolute atomic E-state index is 13.5. The van der Waals surface area contributed by atoms with Crippen molar-refractivity contribution in [3.63, 3.8) is 0 Å². The fraction of sp³-hybridized carbons (Fsp3) is 0.0870. The molecule has 144 valence electrons. The fourth-order valence-electron chi connectivity index (χ4n) is 3.17. The monoisotopic (exact) mass is 392 g/mol. The van der Waals surface area contributed by atoms with Gasteiger partial charge in [-0.3, -0.25) is 9.78 Å². The second kappa shape index (κ2) is 7.13. The molecule has 0 aliphatic heterocycles. The first-order valence-electron chi connectivity index (χ1n) is 8.89. The zero-order valence-corrected chi connectivity index (χ0v) is 15.4. The van der Waals surface area contributed by atoms with E-state index in [-0.39, 0.29) is 22.2 Å². The molecule has 6 heteroatoms. The van der Waals surface area contributed by atoms with Crippen LogP contribution in [0.15, 0.2) is 72.8 Å². The summed E-state index contributed by atoms with van der Waals surface area (Å²) in [7, 11) is 0. The number of ketones is 1. The summed E-state index contributed by atoms with van der Waals surface area (Å²) >= 11 is 0. The molecule has 0 spiro atoms. The van der Waals surface area contributed by atoms with E-state index in [1.165, 1.54) is 18.2 Å². The van der Waals surface area contributed by atoms with Crippen LogP contribution in [0.3, 0.4) is 0 Å². The molecular weight excluding hydrogens is 377 g/mol. The quantitative estimate of drug-likeness (QED) is 0.411. The van der Waals surface area contributed by atoms with Crippen LogP contribution in [0.1, 0.15) is 27.3 Å². The lowest BCUT2D eigenvalue weighted by Crippen LogP contribution is -2.11. The van der Waals surface area contributed by atoms with Crippen molar-refractivity contribution in [1.29, 1.82) is 0 Å². The number of carbonyl (C=O) groups is 1. The number of carbonyl (C=O) groups excluding carboxylic acids is 1. The highest BCUT2D eigenvalue weighted by Crippen LogP contribution is 2.35. The van der Waals surface area contributed by atoms with Crippen molar-refractivity contribution in [2.75, 3.05) is 0 Å². The Morgan fingerprint density at radius 1 is 0.862 bits per heavy atom. The Morgan fingerprint density at radius 3 is 2.28 bits per heavy atom. The van der Waals surface area contributed by atoms with Crippen molar-refractivity contribution >= 4 is 16.7 Å². The number of fused-ring (bicyclic) bond motifs is 1. The van der Waals surface area contributed by atoms with Gasteiger partial charge in [-0.15, -0.1) is 0 Å². The average Bonchev–Trinajstić information content (AvgIpc) is 2.72. The van der Waals surface area contributed by atoms with E-state index in [9.17, 15) is 18.0 Å². The van der Waals surface area contributed by atoms with Gasteiger partial charge in [-0.05, 0) is 31.2 Å². The third-order valence-electron chi connectivity index (χ3n) is 4.59. The van der Waals surface area contributed by atoms with Crippen LogP contribution in [0.5, 0.6) is 0 Å². The molecule has 0 amide bonds. The smallest absolute Gasteiger partial charge is 0.287 e. The van der Waals surface area contributed by atoms with E-state index in [0.717, 1.165) is 23.0 Å². The molecule has 2 aromatic heterocycles. The minimum atomic E-state index is -4.59. The topological polar surface area (TPSA) is 42.9 Å². The number of hydrogen-bond donors (Lipinski definition) is 0. The summed E-state index contributed by atoms with van der Waals surface area (Å²) in [5.41, 5.74) is 1.72. The Morgan fingerprint density at radius 2 is 1.59 bits per heavy atom. The minimum Gasteiger partial charge on any atom is -0.287 e. The standard InChI is InChI=1S/C23H15F3N2O/c1-14-5-4-8-19(27-14)15-9-11-16(12-10-15)22(29)21-13-18(23(24,25)26)17-6-2-3-7-20(17)28-21/h2-13H,1H3. The van der Waals surface area contributed by atoms with E-state index in [1.807, 2.05) is 25.1 Å². The second-order valence-electron chi connectivity index (χ2n) is 6.64. The molecule has 0 unspecified atom stereocenters. The van der Waals surface area contributed by atoms with Gasteiger partial charge in [-0.25, -0.2) is 4.98 Å². The van der Waals surface area contributed by atoms with Gasteiger partial charge in [0.25, 0.3) is 0 Å². The SMILES string of the molecule is Cc1cccc(-c2ccc(C(=O)c3cc(C(F)(F)F)c4ccccc4n3)cc2)n1. The summed E-state index contributed by atoms with van der Waals surface area (Å²) in [6.07, 6.45) is -4.59. The molecule has 4 aromatic rings. The van der Waals surface area contributed by atoms with E-state index in [2.05, 4.69) is 9.97 Å². The van der Waals surface area contributed by atoms with Crippen molar-refractivity contribution in [3.05, 3.63) is 95.3 Å². The van der Waals surface area contributed by atoms with Crippen molar-refractivity contribution in [3.8, 4) is 11.3 Å². The van der Waals surface area contributed by atoms with Gasteiger partial charge in [0, 0.05) is 22.2 Å². The molecule has 4 rings (SSSR count). The summed E-state index contributed by atoms with van der Waals surface area (Å²) in [5, 5.41) is -0.0302. The van der Waals surface area contributed by atoms with Crippen LogP contribution in [0, 0.1) is 6.92 Å². The number of nitrogens with zero attached hydrogens (tertiary/aromatic N) is 2. The zero-order chi connectivity index (χ0) is 20.6. The number of halogens is 3. The first-order valence-corrected chi connectivity index (χ1v) is 8.89. The van der Waals surface area contributed by atoms with Crippen molar-refractivity contribution in [2.24, 2.45) is 0 Å². The molecule has 29 heavy (non-hydrogen) atoms. The van der Waals surface area contributed by atoms with Gasteiger partial charge >= 0.3 is 6.18 Å². The number of aromatic nitrogens is 2. The number of alkyl halides is 3. The van der Waals surface area contributed by atoms with Crippen LogP contribution >= 0.6 is 0 Å². The lowest BCUT2D eigenvalue weighted by atomic mass is 10.0. The highest BCUT2D eigenvalue weighted by atomic mass is 19.4. The van der Waals surface area contributed by atoms with Gasteiger partial charge in [0.15, 0.2) is 0 Å². The summed E-state index contributed by atoms with van der Waals surface area (Å²) in [6, 6.07) is 19.0. The summed E-state index contributed by atoms with van der Waals surface area (Å²) in [6.45, 7) is 1.88. The van der Waals surface area contributed by atoms with Gasteiger partial charge in [-0.2, -0.15) is 13.2 Å². The number of hydrogen-bond acceptors (Lipinski definition) is 3. The Bertz CT molecular complexity index is 1210. The third kappa shape index (κ3) is 3.74. The molecule has 0 saturated carbocycles. The lowest BCUT2D eigenvalue weighted by molar-refractivity contribution is -0.136. The normalized spacial score (nSPS) is 11.6. The third-order valence-corrected chi connectivity index (χ3v) is 4.59. The van der Waals surface area contributed by atoms with Gasteiger partial charge in [0.05, 0.1) is 16.8 Å².